The van der Waals surface area contributed by atoms with E-state index < -0.39 is 5.41 Å². The Hall–Kier alpha value is -7.49. The number of nitrogens with zero attached hydrogens (tertiary/aromatic N) is 3. The molecule has 2 aliphatic rings. The standard InChI is InChI=1S/C54H33N3/c1-3-15-35(16-4-1)51-55-52(36-17-5-2-6-18-36)57-53(56-51)37-29-27-34(28-30-37)44-33-49-50(43-24-10-9-21-40(43)44)45-31-38-19-7-8-20-39(38)32-48(45)54(49)46-25-13-11-22-41(46)42-23-12-14-26-47(42)54/h1-33H. The Morgan fingerprint density at radius 2 is 0.737 bits per heavy atom. The van der Waals surface area contributed by atoms with Crippen LogP contribution in [0.15, 0.2) is 200 Å². The molecule has 1 heterocycles. The van der Waals surface area contributed by atoms with Gasteiger partial charge in [-0.3, -0.25) is 0 Å². The molecule has 0 atom stereocenters. The van der Waals surface area contributed by atoms with E-state index in [1.165, 1.54) is 71.6 Å². The first kappa shape index (κ1) is 31.8. The first-order chi connectivity index (χ1) is 28.3. The van der Waals surface area contributed by atoms with Crippen molar-refractivity contribution in [1.29, 1.82) is 0 Å². The monoisotopic (exact) mass is 723 g/mol. The van der Waals surface area contributed by atoms with E-state index in [0.717, 1.165) is 22.3 Å². The molecule has 0 aliphatic heterocycles. The van der Waals surface area contributed by atoms with Crippen molar-refractivity contribution >= 4 is 21.5 Å². The number of hydrogen-bond acceptors (Lipinski definition) is 3. The second kappa shape index (κ2) is 12.3. The van der Waals surface area contributed by atoms with Gasteiger partial charge in [-0.05, 0) is 95.4 Å². The van der Waals surface area contributed by atoms with E-state index in [1.807, 2.05) is 60.7 Å². The Labute approximate surface area is 330 Å². The van der Waals surface area contributed by atoms with Crippen LogP contribution in [0.25, 0.3) is 89.1 Å². The average Bonchev–Trinajstić information content (AvgIpc) is 3.75. The number of aromatic nitrogens is 3. The Kier molecular flexibility index (Phi) is 6.84. The Bertz CT molecular complexity index is 3120. The molecule has 57 heavy (non-hydrogen) atoms. The van der Waals surface area contributed by atoms with Crippen molar-refractivity contribution in [2.24, 2.45) is 0 Å². The van der Waals surface area contributed by atoms with Crippen molar-refractivity contribution in [3.63, 3.8) is 0 Å². The molecular weight excluding hydrogens is 691 g/mol. The van der Waals surface area contributed by atoms with Gasteiger partial charge in [0, 0.05) is 16.7 Å². The van der Waals surface area contributed by atoms with E-state index in [0.29, 0.717) is 17.5 Å². The molecule has 0 saturated carbocycles. The summed E-state index contributed by atoms with van der Waals surface area (Å²) in [4.78, 5) is 14.9. The molecule has 0 bridgehead atoms. The lowest BCUT2D eigenvalue weighted by Crippen LogP contribution is -2.26. The van der Waals surface area contributed by atoms with E-state index in [-0.39, 0.29) is 0 Å². The zero-order valence-corrected chi connectivity index (χ0v) is 30.9. The van der Waals surface area contributed by atoms with Gasteiger partial charge < -0.3 is 0 Å². The lowest BCUT2D eigenvalue weighted by Gasteiger charge is -2.31. The smallest absolute Gasteiger partial charge is 0.164 e. The summed E-state index contributed by atoms with van der Waals surface area (Å²) in [5.74, 6) is 1.96. The minimum absolute atomic E-state index is 0.465. The van der Waals surface area contributed by atoms with Gasteiger partial charge in [-0.1, -0.05) is 182 Å². The fraction of sp³-hybridized carbons (Fsp3) is 0.0185. The second-order valence-corrected chi connectivity index (χ2v) is 15.1. The zero-order valence-electron chi connectivity index (χ0n) is 30.9. The number of hydrogen-bond donors (Lipinski definition) is 0. The summed E-state index contributed by atoms with van der Waals surface area (Å²) in [5.41, 5.74) is 15.4. The van der Waals surface area contributed by atoms with Gasteiger partial charge in [0.05, 0.1) is 5.41 Å². The highest BCUT2D eigenvalue weighted by atomic mass is 15.0. The summed E-state index contributed by atoms with van der Waals surface area (Å²) in [6, 6.07) is 72.3. The quantitative estimate of drug-likeness (QED) is 0.181. The maximum absolute atomic E-state index is 5.01. The van der Waals surface area contributed by atoms with Crippen molar-refractivity contribution in [3.05, 3.63) is 222 Å². The van der Waals surface area contributed by atoms with E-state index >= 15 is 0 Å². The average molecular weight is 724 g/mol. The molecule has 3 heteroatoms. The van der Waals surface area contributed by atoms with Crippen molar-refractivity contribution in [1.82, 2.24) is 15.0 Å². The van der Waals surface area contributed by atoms with E-state index in [2.05, 4.69) is 140 Å². The predicted molar refractivity (Wildman–Crippen MR) is 233 cm³/mol. The van der Waals surface area contributed by atoms with Gasteiger partial charge in [0.25, 0.3) is 0 Å². The molecule has 0 amide bonds. The van der Waals surface area contributed by atoms with Crippen LogP contribution in [0.5, 0.6) is 0 Å². The highest BCUT2D eigenvalue weighted by Gasteiger charge is 2.52. The van der Waals surface area contributed by atoms with Gasteiger partial charge in [0.15, 0.2) is 17.5 Å². The fourth-order valence-corrected chi connectivity index (χ4v) is 9.65. The second-order valence-electron chi connectivity index (χ2n) is 15.1. The first-order valence-corrected chi connectivity index (χ1v) is 19.5. The van der Waals surface area contributed by atoms with Gasteiger partial charge in [0.2, 0.25) is 0 Å². The van der Waals surface area contributed by atoms with Crippen LogP contribution in [0.3, 0.4) is 0 Å². The topological polar surface area (TPSA) is 38.7 Å². The number of benzene rings is 9. The third-order valence-corrected chi connectivity index (χ3v) is 12.1. The molecule has 0 radical (unpaired) electrons. The van der Waals surface area contributed by atoms with Crippen LogP contribution in [0, 0.1) is 0 Å². The highest BCUT2D eigenvalue weighted by Crippen LogP contribution is 2.64. The van der Waals surface area contributed by atoms with Crippen molar-refractivity contribution in [3.8, 4) is 67.5 Å². The van der Waals surface area contributed by atoms with Crippen LogP contribution in [0.2, 0.25) is 0 Å². The Balaban J connectivity index is 1.09. The lowest BCUT2D eigenvalue weighted by atomic mass is 9.69. The van der Waals surface area contributed by atoms with Crippen LogP contribution in [0.4, 0.5) is 0 Å². The van der Waals surface area contributed by atoms with Gasteiger partial charge >= 0.3 is 0 Å². The van der Waals surface area contributed by atoms with E-state index in [9.17, 15) is 0 Å². The molecule has 9 aromatic carbocycles. The largest absolute Gasteiger partial charge is 0.208 e. The third kappa shape index (κ3) is 4.63. The molecule has 264 valence electrons. The van der Waals surface area contributed by atoms with Gasteiger partial charge in [-0.25, -0.2) is 15.0 Å². The fourth-order valence-electron chi connectivity index (χ4n) is 9.65. The number of fused-ring (bicyclic) bond motifs is 13. The summed E-state index contributed by atoms with van der Waals surface area (Å²) in [6.07, 6.45) is 0. The Morgan fingerprint density at radius 3 is 1.33 bits per heavy atom. The van der Waals surface area contributed by atoms with Crippen LogP contribution >= 0.6 is 0 Å². The SMILES string of the molecule is c1ccc(-c2nc(-c3ccccc3)nc(-c3ccc(-c4cc5c(c6ccccc46)-c4cc6ccccc6cc4C54c5ccccc5-c5ccccc54)cc3)n2)cc1. The van der Waals surface area contributed by atoms with Crippen LogP contribution in [-0.2, 0) is 5.41 Å². The van der Waals surface area contributed by atoms with Crippen LogP contribution < -0.4 is 0 Å². The molecule has 1 spiro atoms. The van der Waals surface area contributed by atoms with Crippen molar-refractivity contribution in [2.75, 3.05) is 0 Å². The molecule has 1 aromatic heterocycles. The van der Waals surface area contributed by atoms with E-state index in [4.69, 9.17) is 15.0 Å². The van der Waals surface area contributed by atoms with Crippen LogP contribution in [-0.4, -0.2) is 15.0 Å². The van der Waals surface area contributed by atoms with Gasteiger partial charge in [-0.2, -0.15) is 0 Å². The molecule has 0 N–H and O–H groups in total. The third-order valence-electron chi connectivity index (χ3n) is 12.1. The molecule has 0 unspecified atom stereocenters. The molecule has 3 nitrogen and oxygen atoms in total. The molecule has 0 fully saturated rings. The highest BCUT2D eigenvalue weighted by molar-refractivity contribution is 6.12. The summed E-state index contributed by atoms with van der Waals surface area (Å²) in [7, 11) is 0. The lowest BCUT2D eigenvalue weighted by molar-refractivity contribution is 0.796. The predicted octanol–water partition coefficient (Wildman–Crippen LogP) is 13.2. The Morgan fingerprint density at radius 1 is 0.281 bits per heavy atom. The van der Waals surface area contributed by atoms with E-state index in [1.54, 1.807) is 0 Å². The van der Waals surface area contributed by atoms with Gasteiger partial charge in [0.1, 0.15) is 0 Å². The maximum atomic E-state index is 5.01. The molecule has 2 aliphatic carbocycles. The summed E-state index contributed by atoms with van der Waals surface area (Å²) in [6.45, 7) is 0. The maximum Gasteiger partial charge on any atom is 0.164 e. The summed E-state index contributed by atoms with van der Waals surface area (Å²) < 4.78 is 0. The molecule has 0 saturated heterocycles. The minimum atomic E-state index is -0.465. The molecule has 10 aromatic rings. The van der Waals surface area contributed by atoms with Crippen molar-refractivity contribution < 1.29 is 0 Å². The zero-order chi connectivity index (χ0) is 37.5. The molecule has 12 rings (SSSR count). The van der Waals surface area contributed by atoms with Crippen LogP contribution in [0.1, 0.15) is 22.3 Å². The first-order valence-electron chi connectivity index (χ1n) is 19.5. The summed E-state index contributed by atoms with van der Waals surface area (Å²) in [5, 5.41) is 5.01. The van der Waals surface area contributed by atoms with Crippen molar-refractivity contribution in [2.45, 2.75) is 5.41 Å². The van der Waals surface area contributed by atoms with Gasteiger partial charge in [-0.15, -0.1) is 0 Å². The summed E-state index contributed by atoms with van der Waals surface area (Å²) >= 11 is 0. The normalized spacial score (nSPS) is 13.1. The molecular formula is C54H33N3. The number of rotatable bonds is 4. The minimum Gasteiger partial charge on any atom is -0.208 e.